The predicted molar refractivity (Wildman–Crippen MR) is 78.3 cm³/mol. The highest BCUT2D eigenvalue weighted by molar-refractivity contribution is 6.49. The Hall–Kier alpha value is -1.31. The summed E-state index contributed by atoms with van der Waals surface area (Å²) in [6, 6.07) is 10.0. The van der Waals surface area contributed by atoms with Crippen molar-refractivity contribution in [2.45, 2.75) is 57.1 Å². The highest BCUT2D eigenvalue weighted by Gasteiger charge is 2.59. The molecule has 0 spiro atoms. The van der Waals surface area contributed by atoms with Crippen LogP contribution in [0.2, 0.25) is 5.82 Å². The Morgan fingerprint density at radius 3 is 2.15 bits per heavy atom. The zero-order chi connectivity index (χ0) is 14.5. The maximum absolute atomic E-state index is 8.83. The molecular formula is C16H20BNO2. The van der Waals surface area contributed by atoms with Crippen molar-refractivity contribution in [3.8, 4) is 6.07 Å². The van der Waals surface area contributed by atoms with Gasteiger partial charge in [0.25, 0.3) is 0 Å². The van der Waals surface area contributed by atoms with Crippen LogP contribution in [-0.2, 0) is 9.31 Å². The molecule has 0 amide bonds. The van der Waals surface area contributed by atoms with E-state index in [4.69, 9.17) is 14.6 Å². The fraction of sp³-hybridized carbons (Fsp3) is 0.562. The van der Waals surface area contributed by atoms with Crippen molar-refractivity contribution in [3.05, 3.63) is 35.4 Å². The Kier molecular flexibility index (Phi) is 2.97. The maximum Gasteiger partial charge on any atom is 0.461 e. The summed E-state index contributed by atoms with van der Waals surface area (Å²) in [5.74, 6) is 0.932. The van der Waals surface area contributed by atoms with Gasteiger partial charge in [-0.15, -0.1) is 0 Å². The predicted octanol–water partition coefficient (Wildman–Crippen LogP) is 3.51. The maximum atomic E-state index is 8.83. The Bertz CT molecular complexity index is 543. The molecule has 1 heterocycles. The minimum atomic E-state index is -0.254. The average Bonchev–Trinajstić information content (AvgIpc) is 3.13. The van der Waals surface area contributed by atoms with Gasteiger partial charge in [0, 0.05) is 5.82 Å². The second-order valence-electron chi connectivity index (χ2n) is 6.86. The molecule has 1 aromatic rings. The summed E-state index contributed by atoms with van der Waals surface area (Å²) in [6.07, 6.45) is 1.10. The molecule has 0 aromatic heterocycles. The van der Waals surface area contributed by atoms with Crippen LogP contribution in [0.25, 0.3) is 0 Å². The molecule has 1 aliphatic carbocycles. The molecule has 1 aromatic carbocycles. The van der Waals surface area contributed by atoms with Crippen LogP contribution in [0.5, 0.6) is 0 Å². The summed E-state index contributed by atoms with van der Waals surface area (Å²) in [6.45, 7) is 8.36. The largest absolute Gasteiger partial charge is 0.461 e. The lowest BCUT2D eigenvalue weighted by Gasteiger charge is -2.32. The second-order valence-corrected chi connectivity index (χ2v) is 6.86. The number of rotatable bonds is 2. The first-order valence-electron chi connectivity index (χ1n) is 7.20. The Morgan fingerprint density at radius 1 is 1.10 bits per heavy atom. The first kappa shape index (κ1) is 13.7. The standard InChI is InChI=1S/C16H20BNO2/c1-15(2)16(3,4)20-17(19-15)14-9-13(14)12-7-5-11(10-18)6-8-12/h5-8,13-14H,9H2,1-4H3/t13-,14+/m0/s1. The third-order valence-electron chi connectivity index (χ3n) is 4.93. The van der Waals surface area contributed by atoms with E-state index in [2.05, 4.69) is 45.9 Å². The average molecular weight is 269 g/mol. The lowest BCUT2D eigenvalue weighted by molar-refractivity contribution is 0.00578. The molecule has 104 valence electrons. The molecule has 4 heteroatoms. The summed E-state index contributed by atoms with van der Waals surface area (Å²) in [7, 11) is -0.111. The molecular weight excluding hydrogens is 249 g/mol. The Labute approximate surface area is 121 Å². The van der Waals surface area contributed by atoms with E-state index < -0.39 is 0 Å². The Morgan fingerprint density at radius 2 is 1.65 bits per heavy atom. The van der Waals surface area contributed by atoms with Crippen molar-refractivity contribution in [1.29, 1.82) is 5.26 Å². The van der Waals surface area contributed by atoms with Crippen LogP contribution < -0.4 is 0 Å². The van der Waals surface area contributed by atoms with Gasteiger partial charge in [-0.25, -0.2) is 0 Å². The molecule has 0 bridgehead atoms. The smallest absolute Gasteiger partial charge is 0.403 e. The molecule has 0 unspecified atom stereocenters. The SMILES string of the molecule is CC1(C)OB([C@@H]2C[C@H]2c2ccc(C#N)cc2)OC1(C)C. The molecule has 0 radical (unpaired) electrons. The van der Waals surface area contributed by atoms with E-state index >= 15 is 0 Å². The Balaban J connectivity index is 1.69. The van der Waals surface area contributed by atoms with Crippen LogP contribution in [0.1, 0.15) is 51.2 Å². The van der Waals surface area contributed by atoms with Gasteiger partial charge in [-0.1, -0.05) is 12.1 Å². The van der Waals surface area contributed by atoms with Crippen LogP contribution in [0.15, 0.2) is 24.3 Å². The molecule has 1 saturated heterocycles. The molecule has 2 fully saturated rings. The minimum absolute atomic E-state index is 0.111. The third kappa shape index (κ3) is 2.15. The highest BCUT2D eigenvalue weighted by atomic mass is 16.7. The zero-order valence-electron chi connectivity index (χ0n) is 12.5. The third-order valence-corrected chi connectivity index (χ3v) is 4.93. The molecule has 2 atom stereocenters. The second kappa shape index (κ2) is 4.34. The van der Waals surface area contributed by atoms with Crippen LogP contribution in [0, 0.1) is 11.3 Å². The molecule has 2 aliphatic rings. The van der Waals surface area contributed by atoms with Gasteiger partial charge in [0.1, 0.15) is 0 Å². The van der Waals surface area contributed by atoms with E-state index in [1.165, 1.54) is 5.56 Å². The highest BCUT2D eigenvalue weighted by Crippen LogP contribution is 2.58. The van der Waals surface area contributed by atoms with Crippen LogP contribution >= 0.6 is 0 Å². The molecule has 3 rings (SSSR count). The summed E-state index contributed by atoms with van der Waals surface area (Å²) in [5.41, 5.74) is 1.48. The number of nitrogens with zero attached hydrogens (tertiary/aromatic N) is 1. The van der Waals surface area contributed by atoms with E-state index in [-0.39, 0.29) is 18.3 Å². The van der Waals surface area contributed by atoms with Gasteiger partial charge in [-0.3, -0.25) is 0 Å². The lowest BCUT2D eigenvalue weighted by Crippen LogP contribution is -2.41. The van der Waals surface area contributed by atoms with Crippen molar-refractivity contribution >= 4 is 7.12 Å². The van der Waals surface area contributed by atoms with Crippen LogP contribution in [-0.4, -0.2) is 18.3 Å². The topological polar surface area (TPSA) is 42.2 Å². The van der Waals surface area contributed by atoms with E-state index in [0.717, 1.165) is 6.42 Å². The molecule has 3 nitrogen and oxygen atoms in total. The molecule has 0 N–H and O–H groups in total. The van der Waals surface area contributed by atoms with Crippen molar-refractivity contribution < 1.29 is 9.31 Å². The molecule has 1 saturated carbocycles. The van der Waals surface area contributed by atoms with Gasteiger partial charge in [-0.2, -0.15) is 5.26 Å². The summed E-state index contributed by atoms with van der Waals surface area (Å²) >= 11 is 0. The summed E-state index contributed by atoms with van der Waals surface area (Å²) in [4.78, 5) is 0. The zero-order valence-corrected chi connectivity index (χ0v) is 12.5. The fourth-order valence-electron chi connectivity index (χ4n) is 2.77. The fourth-order valence-corrected chi connectivity index (χ4v) is 2.77. The number of benzene rings is 1. The molecule has 20 heavy (non-hydrogen) atoms. The summed E-state index contributed by atoms with van der Waals surface area (Å²) < 4.78 is 12.2. The van der Waals surface area contributed by atoms with Crippen molar-refractivity contribution in [2.24, 2.45) is 0 Å². The monoisotopic (exact) mass is 269 g/mol. The van der Waals surface area contributed by atoms with Crippen molar-refractivity contribution in [1.82, 2.24) is 0 Å². The first-order valence-corrected chi connectivity index (χ1v) is 7.20. The van der Waals surface area contributed by atoms with E-state index in [9.17, 15) is 0 Å². The van der Waals surface area contributed by atoms with Crippen molar-refractivity contribution in [2.75, 3.05) is 0 Å². The number of nitriles is 1. The normalized spacial score (nSPS) is 30.1. The van der Waals surface area contributed by atoms with E-state index in [1.54, 1.807) is 0 Å². The van der Waals surface area contributed by atoms with Gasteiger partial charge >= 0.3 is 7.12 Å². The van der Waals surface area contributed by atoms with Gasteiger partial charge in [0.2, 0.25) is 0 Å². The van der Waals surface area contributed by atoms with Gasteiger partial charge in [-0.05, 0) is 57.7 Å². The van der Waals surface area contributed by atoms with E-state index in [0.29, 0.717) is 17.3 Å². The van der Waals surface area contributed by atoms with Crippen molar-refractivity contribution in [3.63, 3.8) is 0 Å². The summed E-state index contributed by atoms with van der Waals surface area (Å²) in [5, 5.41) is 8.83. The quantitative estimate of drug-likeness (QED) is 0.771. The van der Waals surface area contributed by atoms with Crippen LogP contribution in [0.4, 0.5) is 0 Å². The minimum Gasteiger partial charge on any atom is -0.403 e. The van der Waals surface area contributed by atoms with Gasteiger partial charge < -0.3 is 9.31 Å². The van der Waals surface area contributed by atoms with Gasteiger partial charge in [0.05, 0.1) is 22.8 Å². The van der Waals surface area contributed by atoms with Crippen LogP contribution in [0.3, 0.4) is 0 Å². The van der Waals surface area contributed by atoms with Gasteiger partial charge in [0.15, 0.2) is 0 Å². The molecule has 1 aliphatic heterocycles. The number of hydrogen-bond acceptors (Lipinski definition) is 3. The lowest BCUT2D eigenvalue weighted by atomic mass is 9.79. The number of hydrogen-bond donors (Lipinski definition) is 0. The van der Waals surface area contributed by atoms with E-state index in [1.807, 2.05) is 12.1 Å². The first-order chi connectivity index (χ1) is 9.34.